The van der Waals surface area contributed by atoms with Gasteiger partial charge in [-0.2, -0.15) is 0 Å². The van der Waals surface area contributed by atoms with Gasteiger partial charge in [0.05, 0.1) is 13.2 Å². The lowest BCUT2D eigenvalue weighted by Gasteiger charge is -2.42. The molecule has 2 fully saturated rings. The Morgan fingerprint density at radius 2 is 2.28 bits per heavy atom. The molecule has 1 unspecified atom stereocenters. The summed E-state index contributed by atoms with van der Waals surface area (Å²) in [7, 11) is 0. The molecule has 4 nitrogen and oxygen atoms in total. The second kappa shape index (κ2) is 6.85. The van der Waals surface area contributed by atoms with Crippen molar-refractivity contribution in [1.82, 2.24) is 10.2 Å². The molecule has 2 aliphatic rings. The average Bonchev–Trinajstić information content (AvgIpc) is 2.73. The monoisotopic (exact) mass is 256 g/mol. The number of hydrogen-bond acceptors (Lipinski definition) is 4. The molecular formula is C14H28N2O2. The van der Waals surface area contributed by atoms with Crippen LogP contribution in [-0.2, 0) is 4.74 Å². The third kappa shape index (κ3) is 3.44. The summed E-state index contributed by atoms with van der Waals surface area (Å²) in [5, 5.41) is 12.7. The van der Waals surface area contributed by atoms with Crippen LogP contribution in [0.5, 0.6) is 0 Å². The van der Waals surface area contributed by atoms with Crippen LogP contribution in [0.3, 0.4) is 0 Å². The molecule has 0 aromatic heterocycles. The molecule has 1 saturated heterocycles. The van der Waals surface area contributed by atoms with Gasteiger partial charge in [0.15, 0.2) is 0 Å². The van der Waals surface area contributed by atoms with Crippen molar-refractivity contribution in [2.45, 2.75) is 38.6 Å². The molecule has 0 spiro atoms. The first-order valence-electron chi connectivity index (χ1n) is 7.43. The van der Waals surface area contributed by atoms with Crippen molar-refractivity contribution in [2.24, 2.45) is 5.41 Å². The Morgan fingerprint density at radius 3 is 2.78 bits per heavy atom. The Hall–Kier alpha value is -0.160. The zero-order valence-corrected chi connectivity index (χ0v) is 11.7. The van der Waals surface area contributed by atoms with E-state index in [1.165, 1.54) is 19.3 Å². The van der Waals surface area contributed by atoms with E-state index in [-0.39, 0.29) is 12.0 Å². The number of aliphatic hydroxyl groups is 1. The van der Waals surface area contributed by atoms with Gasteiger partial charge in [-0.15, -0.1) is 0 Å². The maximum atomic E-state index is 9.25. The molecule has 106 valence electrons. The van der Waals surface area contributed by atoms with Crippen LogP contribution in [0.2, 0.25) is 0 Å². The Bertz CT molecular complexity index is 238. The molecule has 1 aliphatic heterocycles. The third-order valence-electron chi connectivity index (χ3n) is 4.45. The van der Waals surface area contributed by atoms with Crippen molar-refractivity contribution in [2.75, 3.05) is 46.0 Å². The van der Waals surface area contributed by atoms with Crippen molar-refractivity contribution in [3.8, 4) is 0 Å². The van der Waals surface area contributed by atoms with Crippen molar-refractivity contribution in [3.63, 3.8) is 0 Å². The molecule has 2 N–H and O–H groups in total. The summed E-state index contributed by atoms with van der Waals surface area (Å²) in [6, 6.07) is 0.705. The maximum absolute atomic E-state index is 9.25. The number of nitrogens with zero attached hydrogens (tertiary/aromatic N) is 1. The highest BCUT2D eigenvalue weighted by molar-refractivity contribution is 4.91. The Kier molecular flexibility index (Phi) is 5.42. The van der Waals surface area contributed by atoms with Crippen LogP contribution in [0.25, 0.3) is 0 Å². The molecule has 0 amide bonds. The molecule has 0 radical (unpaired) electrons. The lowest BCUT2D eigenvalue weighted by atomic mass is 9.83. The molecule has 0 bridgehead atoms. The first kappa shape index (κ1) is 14.3. The van der Waals surface area contributed by atoms with Crippen LogP contribution in [0, 0.1) is 5.41 Å². The van der Waals surface area contributed by atoms with Crippen LogP contribution in [0.15, 0.2) is 0 Å². The fourth-order valence-electron chi connectivity index (χ4n) is 3.06. The Labute approximate surface area is 111 Å². The summed E-state index contributed by atoms with van der Waals surface area (Å²) in [4.78, 5) is 2.50. The van der Waals surface area contributed by atoms with Crippen LogP contribution < -0.4 is 5.32 Å². The number of aliphatic hydroxyl groups excluding tert-OH is 1. The van der Waals surface area contributed by atoms with Crippen LogP contribution in [-0.4, -0.2) is 62.0 Å². The van der Waals surface area contributed by atoms with E-state index < -0.39 is 0 Å². The molecule has 0 aromatic rings. The number of nitrogens with one attached hydrogen (secondary N) is 1. The van der Waals surface area contributed by atoms with E-state index in [1.54, 1.807) is 0 Å². The molecule has 1 saturated carbocycles. The predicted molar refractivity (Wildman–Crippen MR) is 72.7 cm³/mol. The van der Waals surface area contributed by atoms with Crippen molar-refractivity contribution >= 4 is 0 Å². The van der Waals surface area contributed by atoms with Gasteiger partial charge in [-0.1, -0.05) is 13.3 Å². The fourth-order valence-corrected chi connectivity index (χ4v) is 3.06. The molecule has 18 heavy (non-hydrogen) atoms. The zero-order chi connectivity index (χ0) is 12.8. The van der Waals surface area contributed by atoms with Gasteiger partial charge < -0.3 is 15.2 Å². The van der Waals surface area contributed by atoms with Gasteiger partial charge in [0.1, 0.15) is 0 Å². The Balaban J connectivity index is 1.92. The lowest BCUT2D eigenvalue weighted by Crippen LogP contribution is -2.51. The molecule has 1 heterocycles. The van der Waals surface area contributed by atoms with Gasteiger partial charge in [0, 0.05) is 37.7 Å². The molecular weight excluding hydrogens is 228 g/mol. The maximum Gasteiger partial charge on any atom is 0.0558 e. The topological polar surface area (TPSA) is 44.7 Å². The first-order chi connectivity index (χ1) is 8.79. The van der Waals surface area contributed by atoms with Crippen molar-refractivity contribution in [1.29, 1.82) is 0 Å². The first-order valence-corrected chi connectivity index (χ1v) is 7.43. The number of rotatable bonds is 8. The SMILES string of the molecule is CCNCC1(CN(CCO)C2CCC2)CCOC1. The molecule has 1 atom stereocenters. The minimum Gasteiger partial charge on any atom is -0.395 e. The van der Waals surface area contributed by atoms with Crippen molar-refractivity contribution < 1.29 is 9.84 Å². The third-order valence-corrected chi connectivity index (χ3v) is 4.45. The van der Waals surface area contributed by atoms with Crippen molar-refractivity contribution in [3.05, 3.63) is 0 Å². The highest BCUT2D eigenvalue weighted by Crippen LogP contribution is 2.33. The molecule has 2 rings (SSSR count). The van der Waals surface area contributed by atoms with E-state index in [4.69, 9.17) is 4.74 Å². The largest absolute Gasteiger partial charge is 0.395 e. The van der Waals surface area contributed by atoms with Gasteiger partial charge in [0.2, 0.25) is 0 Å². The lowest BCUT2D eigenvalue weighted by molar-refractivity contribution is 0.0447. The van der Waals surface area contributed by atoms with Gasteiger partial charge in [0.25, 0.3) is 0 Å². The minimum atomic E-state index is 0.265. The summed E-state index contributed by atoms with van der Waals surface area (Å²) in [6.45, 7) is 8.14. The molecule has 1 aliphatic carbocycles. The van der Waals surface area contributed by atoms with Gasteiger partial charge in [-0.05, 0) is 25.8 Å². The van der Waals surface area contributed by atoms with Crippen LogP contribution in [0.1, 0.15) is 32.6 Å². The average molecular weight is 256 g/mol. The van der Waals surface area contributed by atoms with E-state index in [2.05, 4.69) is 17.1 Å². The number of ether oxygens (including phenoxy) is 1. The summed E-state index contributed by atoms with van der Waals surface area (Å²) < 4.78 is 5.64. The van der Waals surface area contributed by atoms with Crippen LogP contribution >= 0.6 is 0 Å². The number of hydrogen-bond donors (Lipinski definition) is 2. The van der Waals surface area contributed by atoms with Gasteiger partial charge in [-0.3, -0.25) is 4.90 Å². The normalized spacial score (nSPS) is 28.8. The minimum absolute atomic E-state index is 0.265. The quantitative estimate of drug-likeness (QED) is 0.676. The van der Waals surface area contributed by atoms with E-state index in [0.717, 1.165) is 45.8 Å². The smallest absolute Gasteiger partial charge is 0.0558 e. The fraction of sp³-hybridized carbons (Fsp3) is 1.00. The second-order valence-corrected chi connectivity index (χ2v) is 5.86. The molecule has 4 heteroatoms. The van der Waals surface area contributed by atoms with E-state index in [9.17, 15) is 5.11 Å². The second-order valence-electron chi connectivity index (χ2n) is 5.86. The Morgan fingerprint density at radius 1 is 1.44 bits per heavy atom. The van der Waals surface area contributed by atoms with E-state index in [0.29, 0.717) is 6.04 Å². The summed E-state index contributed by atoms with van der Waals surface area (Å²) in [5.41, 5.74) is 0.265. The van der Waals surface area contributed by atoms with E-state index in [1.807, 2.05) is 0 Å². The highest BCUT2D eigenvalue weighted by Gasteiger charge is 2.38. The zero-order valence-electron chi connectivity index (χ0n) is 11.7. The highest BCUT2D eigenvalue weighted by atomic mass is 16.5. The summed E-state index contributed by atoms with van der Waals surface area (Å²) in [5.74, 6) is 0. The summed E-state index contributed by atoms with van der Waals surface area (Å²) >= 11 is 0. The van der Waals surface area contributed by atoms with Gasteiger partial charge in [-0.25, -0.2) is 0 Å². The van der Waals surface area contributed by atoms with E-state index >= 15 is 0 Å². The molecule has 0 aromatic carbocycles. The van der Waals surface area contributed by atoms with Crippen LogP contribution in [0.4, 0.5) is 0 Å². The summed E-state index contributed by atoms with van der Waals surface area (Å²) in [6.07, 6.45) is 5.11. The predicted octanol–water partition coefficient (Wildman–Crippen LogP) is 0.849. The standard InChI is InChI=1S/C14H28N2O2/c1-2-15-10-14(6-9-18-12-14)11-16(7-8-17)13-4-3-5-13/h13,15,17H,2-12H2,1H3. The van der Waals surface area contributed by atoms with Gasteiger partial charge >= 0.3 is 0 Å².